The van der Waals surface area contributed by atoms with Gasteiger partial charge >= 0.3 is 26.5 Å². The smallest absolute Gasteiger partial charge is 0.672 e. The first kappa shape index (κ1) is 22.6. The molecule has 10 heteroatoms. The minimum Gasteiger partial charge on any atom is -0.672 e. The summed E-state index contributed by atoms with van der Waals surface area (Å²) in [5.74, 6) is 0. The van der Waals surface area contributed by atoms with E-state index in [1.54, 1.807) is 0 Å². The van der Waals surface area contributed by atoms with Crippen molar-refractivity contribution < 1.29 is 28.1 Å². The van der Waals surface area contributed by atoms with Crippen LogP contribution in [0.1, 0.15) is 0 Å². The first-order chi connectivity index (χ1) is 3.46. The number of hydrogen-bond donors (Lipinski definition) is 2. The standard InChI is InChI=1S/Al.H3N.HO3Si.O3Si/c;;2*1-4(2)3/h;1H3;1H;/q+3;;-1;-2. The molecule has 0 aromatic rings. The van der Waals surface area contributed by atoms with Gasteiger partial charge in [0.1, 0.15) is 0 Å². The third kappa shape index (κ3) is 4660. The quantitative estimate of drug-likeness (QED) is 0.366. The third-order valence-corrected chi connectivity index (χ3v) is 0. The molecule has 0 saturated heterocycles. The van der Waals surface area contributed by atoms with Gasteiger partial charge in [-0.2, -0.15) is 0 Å². The summed E-state index contributed by atoms with van der Waals surface area (Å²) in [5, 5.41) is 0. The van der Waals surface area contributed by atoms with E-state index in [0.717, 1.165) is 0 Å². The summed E-state index contributed by atoms with van der Waals surface area (Å²) in [5.41, 5.74) is 0. The second kappa shape index (κ2) is 15.9. The van der Waals surface area contributed by atoms with Crippen LogP contribution in [0.15, 0.2) is 0 Å². The number of rotatable bonds is 0. The van der Waals surface area contributed by atoms with Crippen LogP contribution in [0.25, 0.3) is 0 Å². The van der Waals surface area contributed by atoms with Crippen LogP contribution in [0.2, 0.25) is 0 Å². The summed E-state index contributed by atoms with van der Waals surface area (Å²) in [7, 11) is -7.01. The molecule has 0 unspecified atom stereocenters. The van der Waals surface area contributed by atoms with Crippen molar-refractivity contribution in [2.45, 2.75) is 0 Å². The molecule has 0 saturated carbocycles. The van der Waals surface area contributed by atoms with E-state index >= 15 is 0 Å². The Morgan fingerprint density at radius 2 is 1.10 bits per heavy atom. The van der Waals surface area contributed by atoms with Crippen LogP contribution in [0, 0.1) is 0 Å². The van der Waals surface area contributed by atoms with Gasteiger partial charge in [-0.25, -0.2) is 0 Å². The van der Waals surface area contributed by atoms with Gasteiger partial charge in [0.15, 0.2) is 0 Å². The normalized spacial score (nSPS) is 4.80. The van der Waals surface area contributed by atoms with Crippen LogP contribution in [0.4, 0.5) is 0 Å². The maximum Gasteiger partial charge on any atom is 3.00 e. The molecule has 0 aliphatic heterocycles. The van der Waals surface area contributed by atoms with Crippen LogP contribution >= 0.6 is 0 Å². The first-order valence-electron chi connectivity index (χ1n) is 1.24. The van der Waals surface area contributed by atoms with Gasteiger partial charge in [-0.3, -0.25) is 0 Å². The average Bonchev–Trinajstić information content (AvgIpc) is 1.25. The van der Waals surface area contributed by atoms with Crippen molar-refractivity contribution in [3.8, 4) is 0 Å². The van der Waals surface area contributed by atoms with Crippen LogP contribution in [-0.2, 0) is 8.92 Å². The molecule has 0 atom stereocenters. The first-order valence-corrected chi connectivity index (χ1v) is 3.73. The second-order valence-corrected chi connectivity index (χ2v) is 1.55. The van der Waals surface area contributed by atoms with Crippen molar-refractivity contribution in [1.82, 2.24) is 6.15 Å². The molecule has 0 aromatic heterocycles. The van der Waals surface area contributed by atoms with Crippen molar-refractivity contribution in [2.24, 2.45) is 0 Å². The fraction of sp³-hybridized carbons (Fsp3) is 0. The molecular formula is H4AlNO6Si2. The Kier molecular flexibility index (Phi) is 35.9. The molecule has 56 valence electrons. The van der Waals surface area contributed by atoms with Gasteiger partial charge in [-0.05, 0) is 0 Å². The number of hydrogen-bond acceptors (Lipinski definition) is 6. The van der Waals surface area contributed by atoms with E-state index in [0.29, 0.717) is 0 Å². The maximum atomic E-state index is 8.63. The second-order valence-electron chi connectivity index (χ2n) is 0.516. The van der Waals surface area contributed by atoms with E-state index in [1.165, 1.54) is 0 Å². The SMILES string of the molecule is N.O=[Si]([O-])O.O=[Si]([O-])[O-].[Al+3]. The van der Waals surface area contributed by atoms with Crippen molar-refractivity contribution in [3.63, 3.8) is 0 Å². The van der Waals surface area contributed by atoms with Gasteiger partial charge in [-0.15, -0.1) is 0 Å². The van der Waals surface area contributed by atoms with E-state index in [4.69, 9.17) is 28.1 Å². The molecular weight excluding hydrogens is 193 g/mol. The Labute approximate surface area is 70.5 Å². The molecule has 4 N–H and O–H groups in total. The summed E-state index contributed by atoms with van der Waals surface area (Å²) >= 11 is 0. The predicted molar refractivity (Wildman–Crippen MR) is 25.9 cm³/mol. The molecule has 0 radical (unpaired) electrons. The van der Waals surface area contributed by atoms with Gasteiger partial charge < -0.3 is 34.3 Å². The Bertz CT molecular complexity index is 73.7. The van der Waals surface area contributed by atoms with Gasteiger partial charge in [0, 0.05) is 9.17 Å². The van der Waals surface area contributed by atoms with Crippen LogP contribution in [0.5, 0.6) is 0 Å². The summed E-state index contributed by atoms with van der Waals surface area (Å²) in [6.45, 7) is 0. The van der Waals surface area contributed by atoms with Crippen molar-refractivity contribution >= 4 is 35.7 Å². The third-order valence-electron chi connectivity index (χ3n) is 0. The van der Waals surface area contributed by atoms with Gasteiger partial charge in [-0.1, -0.05) is 0 Å². The van der Waals surface area contributed by atoms with E-state index < -0.39 is 18.3 Å². The van der Waals surface area contributed by atoms with E-state index in [1.807, 2.05) is 0 Å². The molecule has 0 bridgehead atoms. The van der Waals surface area contributed by atoms with E-state index in [9.17, 15) is 0 Å². The Balaban J connectivity index is -0.0000000300. The molecule has 0 aromatic carbocycles. The predicted octanol–water partition coefficient (Wildman–Crippen LogP) is -5.34. The average molecular weight is 197 g/mol. The minimum absolute atomic E-state index is 0. The van der Waals surface area contributed by atoms with Crippen molar-refractivity contribution in [2.75, 3.05) is 0 Å². The monoisotopic (exact) mass is 197 g/mol. The summed E-state index contributed by atoms with van der Waals surface area (Å²) in [6, 6.07) is 0. The van der Waals surface area contributed by atoms with E-state index in [2.05, 4.69) is 0 Å². The molecule has 7 nitrogen and oxygen atoms in total. The Hall–Kier alpha value is -0.274. The largest absolute Gasteiger partial charge is 3.00 e. The summed E-state index contributed by atoms with van der Waals surface area (Å²) < 4.78 is 17.1. The zero-order valence-corrected chi connectivity index (χ0v) is 7.93. The van der Waals surface area contributed by atoms with Crippen LogP contribution in [0.3, 0.4) is 0 Å². The topological polar surface area (TPSA) is 159 Å². The fourth-order valence-corrected chi connectivity index (χ4v) is 0. The maximum absolute atomic E-state index is 8.63. The van der Waals surface area contributed by atoms with Gasteiger partial charge in [0.25, 0.3) is 0 Å². The zero-order chi connectivity index (χ0) is 7.15. The summed E-state index contributed by atoms with van der Waals surface area (Å²) in [4.78, 5) is 32.7. The molecule has 0 rings (SSSR count). The van der Waals surface area contributed by atoms with Gasteiger partial charge in [0.05, 0.1) is 0 Å². The molecule has 0 heterocycles. The Morgan fingerprint density at radius 1 is 1.10 bits per heavy atom. The van der Waals surface area contributed by atoms with Gasteiger partial charge in [0.2, 0.25) is 0 Å². The Morgan fingerprint density at radius 3 is 1.10 bits per heavy atom. The summed E-state index contributed by atoms with van der Waals surface area (Å²) in [6.07, 6.45) is 0. The molecule has 0 aliphatic carbocycles. The van der Waals surface area contributed by atoms with Crippen molar-refractivity contribution in [3.05, 3.63) is 0 Å². The van der Waals surface area contributed by atoms with Crippen molar-refractivity contribution in [1.29, 1.82) is 0 Å². The zero-order valence-electron chi connectivity index (χ0n) is 4.77. The fourth-order valence-electron chi connectivity index (χ4n) is 0. The molecule has 0 aliphatic rings. The van der Waals surface area contributed by atoms with Crippen LogP contribution in [-0.4, -0.2) is 40.5 Å². The molecule has 10 heavy (non-hydrogen) atoms. The molecule has 0 fully saturated rings. The molecule has 0 spiro atoms. The molecule has 0 amide bonds. The van der Waals surface area contributed by atoms with E-state index in [-0.39, 0.29) is 23.5 Å². The minimum atomic E-state index is -3.63. The van der Waals surface area contributed by atoms with Crippen LogP contribution < -0.4 is 20.5 Å².